The van der Waals surface area contributed by atoms with E-state index < -0.39 is 9.84 Å². The Kier molecular flexibility index (Phi) is 6.44. The fourth-order valence-electron chi connectivity index (χ4n) is 1.31. The largest absolute Gasteiger partial charge is 0.312 e. The van der Waals surface area contributed by atoms with E-state index in [4.69, 9.17) is 0 Å². The van der Waals surface area contributed by atoms with Crippen molar-refractivity contribution in [2.45, 2.75) is 52.0 Å². The molecule has 0 aliphatic heterocycles. The molecule has 0 aliphatic rings. The molecule has 4 heteroatoms. The molecule has 0 unspecified atom stereocenters. The van der Waals surface area contributed by atoms with Crippen molar-refractivity contribution in [1.82, 2.24) is 5.32 Å². The molecular weight excluding hydrogens is 210 g/mol. The summed E-state index contributed by atoms with van der Waals surface area (Å²) in [5.74, 6) is 0.333. The van der Waals surface area contributed by atoms with Crippen LogP contribution in [0.4, 0.5) is 0 Å². The SMILES string of the molecule is CC(C)(C)NCCCCCCS(C)(=O)=O. The lowest BCUT2D eigenvalue weighted by Crippen LogP contribution is -2.36. The van der Waals surface area contributed by atoms with Crippen molar-refractivity contribution in [1.29, 1.82) is 0 Å². The second kappa shape index (κ2) is 6.48. The van der Waals surface area contributed by atoms with Crippen LogP contribution >= 0.6 is 0 Å². The third-order valence-electron chi connectivity index (χ3n) is 2.10. The Morgan fingerprint density at radius 2 is 1.53 bits per heavy atom. The molecule has 0 aromatic carbocycles. The quantitative estimate of drug-likeness (QED) is 0.686. The molecule has 92 valence electrons. The summed E-state index contributed by atoms with van der Waals surface area (Å²) in [6, 6.07) is 0. The van der Waals surface area contributed by atoms with Gasteiger partial charge < -0.3 is 5.32 Å². The molecule has 0 bridgehead atoms. The van der Waals surface area contributed by atoms with E-state index in [9.17, 15) is 8.42 Å². The van der Waals surface area contributed by atoms with Gasteiger partial charge in [0.15, 0.2) is 0 Å². The lowest BCUT2D eigenvalue weighted by atomic mass is 10.1. The molecule has 0 heterocycles. The molecule has 0 amide bonds. The summed E-state index contributed by atoms with van der Waals surface area (Å²) in [6.07, 6.45) is 5.35. The van der Waals surface area contributed by atoms with Crippen molar-refractivity contribution >= 4 is 9.84 Å². The zero-order chi connectivity index (χ0) is 11.9. The summed E-state index contributed by atoms with van der Waals surface area (Å²) in [4.78, 5) is 0. The van der Waals surface area contributed by atoms with Gasteiger partial charge in [-0.05, 0) is 40.2 Å². The van der Waals surface area contributed by atoms with Crippen LogP contribution in [0.1, 0.15) is 46.5 Å². The van der Waals surface area contributed by atoms with Gasteiger partial charge in [-0.3, -0.25) is 0 Å². The van der Waals surface area contributed by atoms with Crippen LogP contribution in [0.2, 0.25) is 0 Å². The van der Waals surface area contributed by atoms with Gasteiger partial charge in [0.05, 0.1) is 0 Å². The summed E-state index contributed by atoms with van der Waals surface area (Å²) in [5, 5.41) is 3.41. The van der Waals surface area contributed by atoms with Crippen molar-refractivity contribution in [3.8, 4) is 0 Å². The highest BCUT2D eigenvalue weighted by Gasteiger charge is 2.07. The Labute approximate surface area is 94.6 Å². The van der Waals surface area contributed by atoms with Crippen LogP contribution in [0.15, 0.2) is 0 Å². The lowest BCUT2D eigenvalue weighted by molar-refractivity contribution is 0.416. The maximum absolute atomic E-state index is 10.8. The standard InChI is InChI=1S/C11H25NO2S/c1-11(2,3)12-9-7-5-6-8-10-15(4,13)14/h12H,5-10H2,1-4H3. The molecule has 0 saturated heterocycles. The minimum Gasteiger partial charge on any atom is -0.312 e. The van der Waals surface area contributed by atoms with Crippen molar-refractivity contribution in [3.63, 3.8) is 0 Å². The number of unbranched alkanes of at least 4 members (excludes halogenated alkanes) is 3. The van der Waals surface area contributed by atoms with Crippen LogP contribution in [-0.2, 0) is 9.84 Å². The maximum atomic E-state index is 10.8. The van der Waals surface area contributed by atoms with Crippen molar-refractivity contribution < 1.29 is 8.42 Å². The van der Waals surface area contributed by atoms with E-state index in [0.717, 1.165) is 32.2 Å². The monoisotopic (exact) mass is 235 g/mol. The smallest absolute Gasteiger partial charge is 0.147 e. The van der Waals surface area contributed by atoms with Crippen molar-refractivity contribution in [3.05, 3.63) is 0 Å². The van der Waals surface area contributed by atoms with Crippen LogP contribution in [0.5, 0.6) is 0 Å². The minimum absolute atomic E-state index is 0.187. The molecule has 15 heavy (non-hydrogen) atoms. The summed E-state index contributed by atoms with van der Waals surface area (Å²) >= 11 is 0. The number of rotatable bonds is 7. The van der Waals surface area contributed by atoms with E-state index in [0.29, 0.717) is 5.75 Å². The van der Waals surface area contributed by atoms with Crippen LogP contribution in [-0.4, -0.2) is 32.5 Å². The van der Waals surface area contributed by atoms with E-state index in [1.165, 1.54) is 6.26 Å². The zero-order valence-electron chi connectivity index (χ0n) is 10.5. The Morgan fingerprint density at radius 3 is 2.00 bits per heavy atom. The highest BCUT2D eigenvalue weighted by Crippen LogP contribution is 2.03. The first-order chi connectivity index (χ1) is 6.71. The first-order valence-electron chi connectivity index (χ1n) is 5.63. The topological polar surface area (TPSA) is 46.2 Å². The average molecular weight is 235 g/mol. The molecule has 0 rings (SSSR count). The molecule has 0 aliphatic carbocycles. The van der Waals surface area contributed by atoms with Crippen LogP contribution in [0, 0.1) is 0 Å². The highest BCUT2D eigenvalue weighted by atomic mass is 32.2. The molecular formula is C11H25NO2S. The van der Waals surface area contributed by atoms with Crippen LogP contribution < -0.4 is 5.32 Å². The van der Waals surface area contributed by atoms with Crippen LogP contribution in [0.25, 0.3) is 0 Å². The highest BCUT2D eigenvalue weighted by molar-refractivity contribution is 7.90. The molecule has 0 atom stereocenters. The normalized spacial score (nSPS) is 13.1. The fourth-order valence-corrected chi connectivity index (χ4v) is 2.03. The number of hydrogen-bond donors (Lipinski definition) is 1. The molecule has 0 spiro atoms. The van der Waals surface area contributed by atoms with E-state index >= 15 is 0 Å². The van der Waals surface area contributed by atoms with Gasteiger partial charge >= 0.3 is 0 Å². The van der Waals surface area contributed by atoms with E-state index in [-0.39, 0.29) is 5.54 Å². The van der Waals surface area contributed by atoms with Gasteiger partial charge in [0.25, 0.3) is 0 Å². The molecule has 0 saturated carbocycles. The zero-order valence-corrected chi connectivity index (χ0v) is 11.3. The van der Waals surface area contributed by atoms with E-state index in [1.807, 2.05) is 0 Å². The minimum atomic E-state index is -2.76. The van der Waals surface area contributed by atoms with Gasteiger partial charge in [-0.25, -0.2) is 8.42 Å². The van der Waals surface area contributed by atoms with Crippen molar-refractivity contribution in [2.24, 2.45) is 0 Å². The van der Waals surface area contributed by atoms with E-state index in [2.05, 4.69) is 26.1 Å². The second-order valence-electron chi connectivity index (χ2n) is 5.22. The van der Waals surface area contributed by atoms with Gasteiger partial charge in [0.1, 0.15) is 9.84 Å². The molecule has 0 aromatic heterocycles. The summed E-state index contributed by atoms with van der Waals surface area (Å²) in [5.41, 5.74) is 0.187. The van der Waals surface area contributed by atoms with Gasteiger partial charge in [0, 0.05) is 17.5 Å². The average Bonchev–Trinajstić information content (AvgIpc) is 1.98. The Balaban J connectivity index is 3.27. The Hall–Kier alpha value is -0.0900. The van der Waals surface area contributed by atoms with Gasteiger partial charge in [-0.2, -0.15) is 0 Å². The number of nitrogens with one attached hydrogen (secondary N) is 1. The third kappa shape index (κ3) is 13.9. The predicted octanol–water partition coefficient (Wildman–Crippen LogP) is 1.98. The van der Waals surface area contributed by atoms with Gasteiger partial charge in [-0.15, -0.1) is 0 Å². The van der Waals surface area contributed by atoms with Gasteiger partial charge in [-0.1, -0.05) is 12.8 Å². The second-order valence-corrected chi connectivity index (χ2v) is 7.48. The van der Waals surface area contributed by atoms with E-state index in [1.54, 1.807) is 0 Å². The molecule has 0 fully saturated rings. The first-order valence-corrected chi connectivity index (χ1v) is 7.69. The Morgan fingerprint density at radius 1 is 1.00 bits per heavy atom. The Bertz CT molecular complexity index is 252. The summed E-state index contributed by atoms with van der Waals surface area (Å²) in [7, 11) is -2.76. The number of hydrogen-bond acceptors (Lipinski definition) is 3. The van der Waals surface area contributed by atoms with Gasteiger partial charge in [0.2, 0.25) is 0 Å². The van der Waals surface area contributed by atoms with Crippen molar-refractivity contribution in [2.75, 3.05) is 18.6 Å². The van der Waals surface area contributed by atoms with Crippen LogP contribution in [0.3, 0.4) is 0 Å². The lowest BCUT2D eigenvalue weighted by Gasteiger charge is -2.20. The first kappa shape index (κ1) is 14.9. The molecule has 1 N–H and O–H groups in total. The molecule has 3 nitrogen and oxygen atoms in total. The third-order valence-corrected chi connectivity index (χ3v) is 3.13. The summed E-state index contributed by atoms with van der Waals surface area (Å²) < 4.78 is 21.7. The molecule has 0 radical (unpaired) electrons. The number of sulfone groups is 1. The molecule has 0 aromatic rings. The maximum Gasteiger partial charge on any atom is 0.147 e. The predicted molar refractivity (Wildman–Crippen MR) is 65.9 cm³/mol. The fraction of sp³-hybridized carbons (Fsp3) is 1.00. The summed E-state index contributed by atoms with van der Waals surface area (Å²) in [6.45, 7) is 7.46.